The van der Waals surface area contributed by atoms with Crippen molar-refractivity contribution in [3.63, 3.8) is 0 Å². The lowest BCUT2D eigenvalue weighted by Crippen LogP contribution is -2.26. The molecule has 1 fully saturated rings. The van der Waals surface area contributed by atoms with Crippen LogP contribution in [-0.2, 0) is 0 Å². The topological polar surface area (TPSA) is 30.5 Å². The highest BCUT2D eigenvalue weighted by Crippen LogP contribution is 2.34. The molecule has 1 aliphatic rings. The molecule has 3 nitrogen and oxygen atoms in total. The van der Waals surface area contributed by atoms with Gasteiger partial charge in [0.05, 0.1) is 13.7 Å². The predicted octanol–water partition coefficient (Wildman–Crippen LogP) is 3.59. The number of methoxy groups -OCH3 is 1. The third-order valence-electron chi connectivity index (χ3n) is 3.95. The van der Waals surface area contributed by atoms with Gasteiger partial charge in [0.15, 0.2) is 11.5 Å². The number of nitrogens with one attached hydrogen (secondary N) is 1. The minimum atomic E-state index is 0.648. The molecule has 3 heteroatoms. The summed E-state index contributed by atoms with van der Waals surface area (Å²) in [6.07, 6.45) is 3.48. The van der Waals surface area contributed by atoms with E-state index in [-0.39, 0.29) is 0 Å². The van der Waals surface area contributed by atoms with E-state index in [1.54, 1.807) is 7.11 Å². The molecule has 0 atom stereocenters. The van der Waals surface area contributed by atoms with Crippen molar-refractivity contribution >= 4 is 0 Å². The molecule has 1 aliphatic heterocycles. The molecule has 0 saturated carbocycles. The number of rotatable bonds is 6. The van der Waals surface area contributed by atoms with Gasteiger partial charge >= 0.3 is 0 Å². The van der Waals surface area contributed by atoms with Gasteiger partial charge in [-0.2, -0.15) is 0 Å². The standard InChI is InChI=1S/C17H27NO2/c1-13(2)8-11-20-16-5-4-15(12-17(16)19-3)14-6-9-18-10-7-14/h4-5,12-14,18H,6-11H2,1-3H3. The van der Waals surface area contributed by atoms with Crippen molar-refractivity contribution in [1.82, 2.24) is 5.32 Å². The van der Waals surface area contributed by atoms with Crippen LogP contribution < -0.4 is 14.8 Å². The monoisotopic (exact) mass is 277 g/mol. The Hall–Kier alpha value is -1.22. The highest BCUT2D eigenvalue weighted by Gasteiger charge is 2.17. The summed E-state index contributed by atoms with van der Waals surface area (Å²) >= 11 is 0. The SMILES string of the molecule is COc1cc(C2CCNCC2)ccc1OCCC(C)C. The fourth-order valence-corrected chi connectivity index (χ4v) is 2.62. The normalized spacial score (nSPS) is 16.4. The number of hydrogen-bond donors (Lipinski definition) is 1. The molecule has 0 amide bonds. The highest BCUT2D eigenvalue weighted by molar-refractivity contribution is 5.44. The number of ether oxygens (including phenoxy) is 2. The summed E-state index contributed by atoms with van der Waals surface area (Å²) in [6, 6.07) is 6.42. The lowest BCUT2D eigenvalue weighted by atomic mass is 9.90. The molecule has 2 rings (SSSR count). The Morgan fingerprint density at radius 3 is 2.60 bits per heavy atom. The molecule has 0 aliphatic carbocycles. The maximum absolute atomic E-state index is 5.84. The zero-order valence-electron chi connectivity index (χ0n) is 12.9. The van der Waals surface area contributed by atoms with Crippen LogP contribution in [0.15, 0.2) is 18.2 Å². The van der Waals surface area contributed by atoms with Crippen LogP contribution in [0.25, 0.3) is 0 Å². The summed E-state index contributed by atoms with van der Waals surface area (Å²) in [6.45, 7) is 7.39. The molecule has 1 N–H and O–H groups in total. The van der Waals surface area contributed by atoms with Crippen LogP contribution in [-0.4, -0.2) is 26.8 Å². The first kappa shape index (κ1) is 15.2. The Balaban J connectivity index is 2.02. The minimum absolute atomic E-state index is 0.648. The van der Waals surface area contributed by atoms with Crippen molar-refractivity contribution in [2.24, 2.45) is 5.92 Å². The second kappa shape index (κ2) is 7.53. The van der Waals surface area contributed by atoms with Gasteiger partial charge in [-0.1, -0.05) is 19.9 Å². The van der Waals surface area contributed by atoms with Crippen LogP contribution in [0.3, 0.4) is 0 Å². The molecule has 0 bridgehead atoms. The molecule has 0 radical (unpaired) electrons. The third-order valence-corrected chi connectivity index (χ3v) is 3.95. The average Bonchev–Trinajstić information content (AvgIpc) is 2.48. The minimum Gasteiger partial charge on any atom is -0.493 e. The fourth-order valence-electron chi connectivity index (χ4n) is 2.62. The fraction of sp³-hybridized carbons (Fsp3) is 0.647. The van der Waals surface area contributed by atoms with Crippen molar-refractivity contribution < 1.29 is 9.47 Å². The lowest BCUT2D eigenvalue weighted by Gasteiger charge is -2.23. The molecule has 1 aromatic rings. The van der Waals surface area contributed by atoms with Crippen molar-refractivity contribution in [2.75, 3.05) is 26.8 Å². The van der Waals surface area contributed by atoms with Crippen molar-refractivity contribution in [1.29, 1.82) is 0 Å². The lowest BCUT2D eigenvalue weighted by molar-refractivity contribution is 0.272. The van der Waals surface area contributed by atoms with E-state index in [0.29, 0.717) is 11.8 Å². The van der Waals surface area contributed by atoms with E-state index in [9.17, 15) is 0 Å². The maximum Gasteiger partial charge on any atom is 0.161 e. The molecule has 0 spiro atoms. The summed E-state index contributed by atoms with van der Waals surface area (Å²) < 4.78 is 11.3. The molecular formula is C17H27NO2. The van der Waals surface area contributed by atoms with Gasteiger partial charge < -0.3 is 14.8 Å². The Bertz CT molecular complexity index is 411. The van der Waals surface area contributed by atoms with Crippen LogP contribution >= 0.6 is 0 Å². The smallest absolute Gasteiger partial charge is 0.161 e. The van der Waals surface area contributed by atoms with Gasteiger partial charge in [0, 0.05) is 0 Å². The molecule has 112 valence electrons. The van der Waals surface area contributed by atoms with Gasteiger partial charge in [-0.3, -0.25) is 0 Å². The summed E-state index contributed by atoms with van der Waals surface area (Å²) in [5.74, 6) is 3.04. The molecule has 0 unspecified atom stereocenters. The van der Waals surface area contributed by atoms with Gasteiger partial charge in [0.2, 0.25) is 0 Å². The second-order valence-electron chi connectivity index (χ2n) is 5.97. The van der Waals surface area contributed by atoms with Crippen molar-refractivity contribution in [3.8, 4) is 11.5 Å². The maximum atomic E-state index is 5.84. The molecule has 1 aromatic carbocycles. The first-order valence-electron chi connectivity index (χ1n) is 7.72. The Kier molecular flexibility index (Phi) is 5.72. The quantitative estimate of drug-likeness (QED) is 0.862. The van der Waals surface area contributed by atoms with Gasteiger partial charge in [-0.15, -0.1) is 0 Å². The average molecular weight is 277 g/mol. The van der Waals surface area contributed by atoms with Crippen LogP contribution in [0.5, 0.6) is 11.5 Å². The molecule has 1 saturated heterocycles. The van der Waals surface area contributed by atoms with Crippen LogP contribution in [0.1, 0.15) is 44.6 Å². The van der Waals surface area contributed by atoms with E-state index in [2.05, 4.69) is 37.4 Å². The van der Waals surface area contributed by atoms with E-state index in [1.165, 1.54) is 18.4 Å². The third kappa shape index (κ3) is 4.14. The molecule has 20 heavy (non-hydrogen) atoms. The number of piperidine rings is 1. The van der Waals surface area contributed by atoms with Crippen LogP contribution in [0, 0.1) is 5.92 Å². The molecule has 0 aromatic heterocycles. The largest absolute Gasteiger partial charge is 0.493 e. The molecule has 1 heterocycles. The molecular weight excluding hydrogens is 250 g/mol. The van der Waals surface area contributed by atoms with Crippen LogP contribution in [0.4, 0.5) is 0 Å². The van der Waals surface area contributed by atoms with Gasteiger partial charge in [-0.25, -0.2) is 0 Å². The van der Waals surface area contributed by atoms with Gasteiger partial charge in [0.25, 0.3) is 0 Å². The zero-order chi connectivity index (χ0) is 14.4. The Morgan fingerprint density at radius 2 is 1.95 bits per heavy atom. The highest BCUT2D eigenvalue weighted by atomic mass is 16.5. The Morgan fingerprint density at radius 1 is 1.20 bits per heavy atom. The van der Waals surface area contributed by atoms with Crippen LogP contribution in [0.2, 0.25) is 0 Å². The zero-order valence-corrected chi connectivity index (χ0v) is 12.9. The van der Waals surface area contributed by atoms with Crippen molar-refractivity contribution in [2.45, 2.75) is 39.0 Å². The number of hydrogen-bond acceptors (Lipinski definition) is 3. The van der Waals surface area contributed by atoms with E-state index in [1.807, 2.05) is 0 Å². The van der Waals surface area contributed by atoms with E-state index >= 15 is 0 Å². The predicted molar refractivity (Wildman–Crippen MR) is 82.8 cm³/mol. The summed E-state index contributed by atoms with van der Waals surface area (Å²) in [5, 5.41) is 3.41. The summed E-state index contributed by atoms with van der Waals surface area (Å²) in [4.78, 5) is 0. The van der Waals surface area contributed by atoms with E-state index in [0.717, 1.165) is 37.6 Å². The van der Waals surface area contributed by atoms with Gasteiger partial charge in [0.1, 0.15) is 0 Å². The van der Waals surface area contributed by atoms with E-state index < -0.39 is 0 Å². The first-order valence-corrected chi connectivity index (χ1v) is 7.72. The summed E-state index contributed by atoms with van der Waals surface area (Å²) in [5.41, 5.74) is 1.37. The van der Waals surface area contributed by atoms with Gasteiger partial charge in [-0.05, 0) is 61.9 Å². The Labute approximate surface area is 122 Å². The second-order valence-corrected chi connectivity index (χ2v) is 5.97. The van der Waals surface area contributed by atoms with E-state index in [4.69, 9.17) is 9.47 Å². The van der Waals surface area contributed by atoms with Crippen molar-refractivity contribution in [3.05, 3.63) is 23.8 Å². The first-order chi connectivity index (χ1) is 9.70. The number of benzene rings is 1. The summed E-state index contributed by atoms with van der Waals surface area (Å²) in [7, 11) is 1.72.